The van der Waals surface area contributed by atoms with Crippen LogP contribution in [0.1, 0.15) is 21.6 Å². The highest BCUT2D eigenvalue weighted by atomic mass is 32.1. The Balaban J connectivity index is 2.00. The van der Waals surface area contributed by atoms with Gasteiger partial charge >= 0.3 is 5.97 Å². The van der Waals surface area contributed by atoms with E-state index in [1.165, 1.54) is 22.5 Å². The lowest BCUT2D eigenvalue weighted by atomic mass is 10.0. The highest BCUT2D eigenvalue weighted by Crippen LogP contribution is 2.35. The SMILES string of the molecule is Cc1ccc(Nc2nc(-c3ccc(C)cc3C)c(CC(=O)O)s2)cc1. The molecule has 0 bridgehead atoms. The van der Waals surface area contributed by atoms with Gasteiger partial charge in [-0.1, -0.05) is 41.5 Å². The first-order valence-electron chi connectivity index (χ1n) is 8.05. The molecular weight excluding hydrogens is 332 g/mol. The van der Waals surface area contributed by atoms with Gasteiger partial charge in [-0.3, -0.25) is 4.79 Å². The third-order valence-corrected chi connectivity index (χ3v) is 4.92. The molecule has 1 aromatic heterocycles. The van der Waals surface area contributed by atoms with Crippen molar-refractivity contribution in [2.24, 2.45) is 0 Å². The molecule has 0 spiro atoms. The van der Waals surface area contributed by atoms with Gasteiger partial charge in [0.1, 0.15) is 0 Å². The van der Waals surface area contributed by atoms with Gasteiger partial charge in [0.05, 0.1) is 12.1 Å². The summed E-state index contributed by atoms with van der Waals surface area (Å²) < 4.78 is 0. The van der Waals surface area contributed by atoms with Gasteiger partial charge in [0.2, 0.25) is 0 Å². The molecule has 25 heavy (non-hydrogen) atoms. The Morgan fingerprint density at radius 2 is 1.76 bits per heavy atom. The molecule has 0 fully saturated rings. The predicted molar refractivity (Wildman–Crippen MR) is 103 cm³/mol. The summed E-state index contributed by atoms with van der Waals surface area (Å²) in [6.45, 7) is 6.11. The number of rotatable bonds is 5. The zero-order chi connectivity index (χ0) is 18.0. The van der Waals surface area contributed by atoms with Gasteiger partial charge in [0.15, 0.2) is 5.13 Å². The van der Waals surface area contributed by atoms with Crippen LogP contribution in [0.4, 0.5) is 10.8 Å². The van der Waals surface area contributed by atoms with Crippen LogP contribution in [0.5, 0.6) is 0 Å². The van der Waals surface area contributed by atoms with Crippen molar-refractivity contribution in [3.05, 3.63) is 64.0 Å². The molecule has 0 radical (unpaired) electrons. The molecule has 1 heterocycles. The largest absolute Gasteiger partial charge is 0.481 e. The lowest BCUT2D eigenvalue weighted by Gasteiger charge is -2.06. The monoisotopic (exact) mass is 352 g/mol. The number of thiazole rings is 1. The molecular formula is C20H20N2O2S. The Bertz CT molecular complexity index is 914. The van der Waals surface area contributed by atoms with E-state index in [2.05, 4.69) is 16.4 Å². The number of benzene rings is 2. The maximum absolute atomic E-state index is 11.3. The number of aliphatic carboxylic acids is 1. The van der Waals surface area contributed by atoms with Crippen LogP contribution >= 0.6 is 11.3 Å². The second kappa shape index (κ2) is 7.07. The summed E-state index contributed by atoms with van der Waals surface area (Å²) in [4.78, 5) is 16.7. The van der Waals surface area contributed by atoms with E-state index < -0.39 is 5.97 Å². The van der Waals surface area contributed by atoms with Crippen molar-refractivity contribution in [1.29, 1.82) is 0 Å². The lowest BCUT2D eigenvalue weighted by molar-refractivity contribution is -0.136. The molecule has 4 nitrogen and oxygen atoms in total. The zero-order valence-corrected chi connectivity index (χ0v) is 15.3. The van der Waals surface area contributed by atoms with E-state index in [0.717, 1.165) is 27.4 Å². The summed E-state index contributed by atoms with van der Waals surface area (Å²) in [6, 6.07) is 14.2. The van der Waals surface area contributed by atoms with Crippen molar-refractivity contribution >= 4 is 28.1 Å². The summed E-state index contributed by atoms with van der Waals surface area (Å²) in [5.41, 5.74) is 6.13. The van der Waals surface area contributed by atoms with Crippen LogP contribution in [0.25, 0.3) is 11.3 Å². The van der Waals surface area contributed by atoms with Crippen LogP contribution in [0.2, 0.25) is 0 Å². The first kappa shape index (κ1) is 17.2. The van der Waals surface area contributed by atoms with E-state index in [-0.39, 0.29) is 6.42 Å². The van der Waals surface area contributed by atoms with Gasteiger partial charge in [0.25, 0.3) is 0 Å². The maximum Gasteiger partial charge on any atom is 0.308 e. The molecule has 0 amide bonds. The van der Waals surface area contributed by atoms with Gasteiger partial charge in [-0.15, -0.1) is 11.3 Å². The number of nitrogens with one attached hydrogen (secondary N) is 1. The molecule has 0 saturated carbocycles. The molecule has 0 aliphatic carbocycles. The fourth-order valence-corrected chi connectivity index (χ4v) is 3.70. The Kier molecular flexibility index (Phi) is 4.86. The number of hydrogen-bond donors (Lipinski definition) is 2. The summed E-state index contributed by atoms with van der Waals surface area (Å²) in [6.07, 6.45) is -0.0319. The van der Waals surface area contributed by atoms with Crippen molar-refractivity contribution in [2.75, 3.05) is 5.32 Å². The minimum absolute atomic E-state index is 0.0319. The first-order valence-corrected chi connectivity index (χ1v) is 8.87. The number of nitrogens with zero attached hydrogens (tertiary/aromatic N) is 1. The predicted octanol–water partition coefficient (Wildman–Crippen LogP) is 5.11. The molecule has 2 aromatic carbocycles. The van der Waals surface area contributed by atoms with Crippen molar-refractivity contribution in [3.8, 4) is 11.3 Å². The molecule has 3 rings (SSSR count). The van der Waals surface area contributed by atoms with Crippen molar-refractivity contribution < 1.29 is 9.90 Å². The van der Waals surface area contributed by atoms with E-state index in [9.17, 15) is 9.90 Å². The third kappa shape index (κ3) is 4.06. The van der Waals surface area contributed by atoms with E-state index in [4.69, 9.17) is 0 Å². The summed E-state index contributed by atoms with van der Waals surface area (Å²) in [5.74, 6) is -0.850. The smallest absolute Gasteiger partial charge is 0.308 e. The number of carboxylic acid groups (broad SMARTS) is 1. The summed E-state index contributed by atoms with van der Waals surface area (Å²) in [7, 11) is 0. The first-order chi connectivity index (χ1) is 11.9. The topological polar surface area (TPSA) is 62.2 Å². The molecule has 0 saturated heterocycles. The number of carbonyl (C=O) groups is 1. The molecule has 0 unspecified atom stereocenters. The second-order valence-corrected chi connectivity index (χ2v) is 7.25. The second-order valence-electron chi connectivity index (χ2n) is 6.17. The van der Waals surface area contributed by atoms with Crippen LogP contribution in [0.15, 0.2) is 42.5 Å². The summed E-state index contributed by atoms with van der Waals surface area (Å²) >= 11 is 1.39. The molecule has 0 atom stereocenters. The normalized spacial score (nSPS) is 10.7. The average Bonchev–Trinajstić information content (AvgIpc) is 2.91. The van der Waals surface area contributed by atoms with Crippen LogP contribution in [-0.4, -0.2) is 16.1 Å². The number of aryl methyl sites for hydroxylation is 3. The van der Waals surface area contributed by atoms with Gasteiger partial charge in [-0.05, 0) is 38.5 Å². The Morgan fingerprint density at radius 3 is 2.40 bits per heavy atom. The van der Waals surface area contributed by atoms with Crippen LogP contribution < -0.4 is 5.32 Å². The van der Waals surface area contributed by atoms with Crippen molar-refractivity contribution in [1.82, 2.24) is 4.98 Å². The van der Waals surface area contributed by atoms with Gasteiger partial charge in [-0.25, -0.2) is 4.98 Å². The molecule has 0 aliphatic heterocycles. The summed E-state index contributed by atoms with van der Waals surface area (Å²) in [5, 5.41) is 13.2. The van der Waals surface area contributed by atoms with E-state index in [1.807, 2.05) is 57.2 Å². The number of anilines is 2. The minimum atomic E-state index is -0.850. The fourth-order valence-electron chi connectivity index (χ4n) is 2.71. The minimum Gasteiger partial charge on any atom is -0.481 e. The molecule has 2 N–H and O–H groups in total. The number of hydrogen-bond acceptors (Lipinski definition) is 4. The van der Waals surface area contributed by atoms with Crippen molar-refractivity contribution in [3.63, 3.8) is 0 Å². The molecule has 0 aliphatic rings. The Hall–Kier alpha value is -2.66. The highest BCUT2D eigenvalue weighted by Gasteiger charge is 2.17. The number of aromatic nitrogens is 1. The van der Waals surface area contributed by atoms with Crippen LogP contribution in [-0.2, 0) is 11.2 Å². The molecule has 3 aromatic rings. The van der Waals surface area contributed by atoms with Gasteiger partial charge < -0.3 is 10.4 Å². The molecule has 128 valence electrons. The van der Waals surface area contributed by atoms with Gasteiger partial charge in [0, 0.05) is 16.1 Å². The van der Waals surface area contributed by atoms with Gasteiger partial charge in [-0.2, -0.15) is 0 Å². The Morgan fingerprint density at radius 1 is 1.08 bits per heavy atom. The third-order valence-electron chi connectivity index (χ3n) is 3.95. The fraction of sp³-hybridized carbons (Fsp3) is 0.200. The lowest BCUT2D eigenvalue weighted by Crippen LogP contribution is -2.00. The van der Waals surface area contributed by atoms with Crippen LogP contribution in [0, 0.1) is 20.8 Å². The van der Waals surface area contributed by atoms with Crippen LogP contribution in [0.3, 0.4) is 0 Å². The number of carboxylic acids is 1. The maximum atomic E-state index is 11.3. The molecule has 5 heteroatoms. The zero-order valence-electron chi connectivity index (χ0n) is 14.5. The van der Waals surface area contributed by atoms with E-state index in [0.29, 0.717) is 5.13 Å². The van der Waals surface area contributed by atoms with E-state index >= 15 is 0 Å². The quantitative estimate of drug-likeness (QED) is 0.670. The average molecular weight is 352 g/mol. The van der Waals surface area contributed by atoms with E-state index in [1.54, 1.807) is 0 Å². The standard InChI is InChI=1S/C20H20N2O2S/c1-12-4-7-15(8-5-12)21-20-22-19(17(25-20)11-18(23)24)16-9-6-13(2)10-14(16)3/h4-10H,11H2,1-3H3,(H,21,22)(H,23,24). The van der Waals surface area contributed by atoms with Crippen molar-refractivity contribution in [2.45, 2.75) is 27.2 Å². The highest BCUT2D eigenvalue weighted by molar-refractivity contribution is 7.16. The Labute approximate surface area is 151 Å².